The Morgan fingerprint density at radius 3 is 2.57 bits per heavy atom. The summed E-state index contributed by atoms with van der Waals surface area (Å²) in [5.41, 5.74) is 0.916. The number of halogens is 2. The summed E-state index contributed by atoms with van der Waals surface area (Å²) < 4.78 is 45.3. The van der Waals surface area contributed by atoms with Gasteiger partial charge in [0.05, 0.1) is 12.8 Å². The van der Waals surface area contributed by atoms with Gasteiger partial charge in [0.15, 0.2) is 17.4 Å². The Hall–Kier alpha value is -2.96. The second-order valence-electron chi connectivity index (χ2n) is 6.73. The first kappa shape index (κ1) is 18.4. The van der Waals surface area contributed by atoms with Gasteiger partial charge in [-0.3, -0.25) is 0 Å². The van der Waals surface area contributed by atoms with Crippen LogP contribution < -0.4 is 9.47 Å². The lowest BCUT2D eigenvalue weighted by Crippen LogP contribution is -2.12. The van der Waals surface area contributed by atoms with Crippen molar-refractivity contribution in [1.82, 2.24) is 10.1 Å². The highest BCUT2D eigenvalue weighted by Crippen LogP contribution is 2.34. The average molecular weight is 386 g/mol. The molecule has 0 aliphatic heterocycles. The van der Waals surface area contributed by atoms with Crippen LogP contribution in [0.15, 0.2) is 47.2 Å². The number of benzene rings is 1. The maximum atomic E-state index is 14.5. The van der Waals surface area contributed by atoms with E-state index in [0.717, 1.165) is 25.7 Å². The fourth-order valence-corrected chi connectivity index (χ4v) is 3.35. The molecule has 3 aromatic rings. The van der Waals surface area contributed by atoms with E-state index in [1.807, 2.05) is 0 Å². The summed E-state index contributed by atoms with van der Waals surface area (Å²) in [5, 5.41) is 3.58. The third-order valence-electron chi connectivity index (χ3n) is 4.75. The zero-order valence-electron chi connectivity index (χ0n) is 15.2. The van der Waals surface area contributed by atoms with Crippen molar-refractivity contribution in [3.8, 4) is 22.8 Å². The summed E-state index contributed by atoms with van der Waals surface area (Å²) in [6.07, 6.45) is 7.76. The van der Waals surface area contributed by atoms with Crippen molar-refractivity contribution >= 4 is 0 Å². The highest BCUT2D eigenvalue weighted by Gasteiger charge is 2.21. The van der Waals surface area contributed by atoms with Crippen LogP contribution in [0.25, 0.3) is 11.1 Å². The van der Waals surface area contributed by atoms with Crippen molar-refractivity contribution in [1.29, 1.82) is 0 Å². The summed E-state index contributed by atoms with van der Waals surface area (Å²) in [6.45, 7) is 0.0747. The van der Waals surface area contributed by atoms with Crippen LogP contribution in [-0.2, 0) is 6.42 Å². The molecule has 5 nitrogen and oxygen atoms in total. The molecule has 0 saturated heterocycles. The smallest absolute Gasteiger partial charge is 0.221 e. The SMILES string of the molecule is Fc1cc(-c2cccnc2OC2CCCC2)cc(F)c1OCCc1ccno1. The van der Waals surface area contributed by atoms with Gasteiger partial charge in [0.1, 0.15) is 11.9 Å². The van der Waals surface area contributed by atoms with Crippen LogP contribution in [0.5, 0.6) is 11.6 Å². The normalized spacial score (nSPS) is 14.4. The molecule has 2 aromatic heterocycles. The minimum Gasteiger partial charge on any atom is -0.487 e. The quantitative estimate of drug-likeness (QED) is 0.575. The predicted molar refractivity (Wildman–Crippen MR) is 98.2 cm³/mol. The van der Waals surface area contributed by atoms with Gasteiger partial charge in [-0.25, -0.2) is 13.8 Å². The minimum absolute atomic E-state index is 0.0747. The Kier molecular flexibility index (Phi) is 5.50. The number of hydrogen-bond acceptors (Lipinski definition) is 5. The molecule has 1 aliphatic rings. The van der Waals surface area contributed by atoms with Crippen molar-refractivity contribution in [2.75, 3.05) is 6.61 Å². The zero-order valence-corrected chi connectivity index (χ0v) is 15.2. The van der Waals surface area contributed by atoms with Crippen LogP contribution in [-0.4, -0.2) is 22.9 Å². The maximum Gasteiger partial charge on any atom is 0.221 e. The van der Waals surface area contributed by atoms with E-state index < -0.39 is 17.4 Å². The molecule has 1 saturated carbocycles. The molecule has 1 aromatic carbocycles. The van der Waals surface area contributed by atoms with Crippen molar-refractivity contribution < 1.29 is 22.8 Å². The second-order valence-corrected chi connectivity index (χ2v) is 6.73. The molecule has 1 fully saturated rings. The van der Waals surface area contributed by atoms with Crippen molar-refractivity contribution in [3.05, 3.63) is 60.1 Å². The molecule has 0 unspecified atom stereocenters. The molecule has 28 heavy (non-hydrogen) atoms. The Morgan fingerprint density at radius 1 is 1.07 bits per heavy atom. The summed E-state index contributed by atoms with van der Waals surface area (Å²) in [7, 11) is 0. The van der Waals surface area contributed by atoms with Crippen LogP contribution in [0.3, 0.4) is 0 Å². The molecule has 0 radical (unpaired) electrons. The van der Waals surface area contributed by atoms with Crippen LogP contribution in [0, 0.1) is 11.6 Å². The highest BCUT2D eigenvalue weighted by molar-refractivity contribution is 5.69. The first-order chi connectivity index (χ1) is 13.7. The zero-order chi connectivity index (χ0) is 19.3. The van der Waals surface area contributed by atoms with Gasteiger partial charge in [-0.2, -0.15) is 0 Å². The summed E-state index contributed by atoms with van der Waals surface area (Å²) in [6, 6.07) is 7.62. The second kappa shape index (κ2) is 8.37. The van der Waals surface area contributed by atoms with E-state index in [4.69, 9.17) is 14.0 Å². The van der Waals surface area contributed by atoms with Crippen molar-refractivity contribution in [3.63, 3.8) is 0 Å². The molecule has 0 bridgehead atoms. The lowest BCUT2D eigenvalue weighted by Gasteiger charge is -2.16. The topological polar surface area (TPSA) is 57.4 Å². The Bertz CT molecular complexity index is 902. The molecule has 1 aliphatic carbocycles. The number of rotatable bonds is 7. The number of aromatic nitrogens is 2. The van der Waals surface area contributed by atoms with E-state index in [-0.39, 0.29) is 12.7 Å². The number of pyridine rings is 1. The Morgan fingerprint density at radius 2 is 1.86 bits per heavy atom. The third kappa shape index (κ3) is 4.13. The van der Waals surface area contributed by atoms with E-state index in [0.29, 0.717) is 29.2 Å². The Balaban J connectivity index is 1.52. The molecular weight excluding hydrogens is 366 g/mol. The van der Waals surface area contributed by atoms with Crippen molar-refractivity contribution in [2.24, 2.45) is 0 Å². The lowest BCUT2D eigenvalue weighted by atomic mass is 10.1. The van der Waals surface area contributed by atoms with Crippen molar-refractivity contribution in [2.45, 2.75) is 38.2 Å². The van der Waals surface area contributed by atoms with Gasteiger partial charge in [0, 0.05) is 24.2 Å². The molecule has 0 N–H and O–H groups in total. The fourth-order valence-electron chi connectivity index (χ4n) is 3.35. The lowest BCUT2D eigenvalue weighted by molar-refractivity contribution is 0.202. The summed E-state index contributed by atoms with van der Waals surface area (Å²) >= 11 is 0. The molecule has 4 rings (SSSR count). The Labute approximate surface area is 161 Å². The molecule has 0 amide bonds. The van der Waals surface area contributed by atoms with Gasteiger partial charge < -0.3 is 14.0 Å². The monoisotopic (exact) mass is 386 g/mol. The standard InChI is InChI=1S/C21H20F2N2O3/c22-18-12-14(13-19(23)20(18)26-11-8-16-7-10-25-28-16)17-6-3-9-24-21(17)27-15-4-1-2-5-15/h3,6-7,9-10,12-13,15H,1-2,4-5,8,11H2. The largest absolute Gasteiger partial charge is 0.487 e. The number of nitrogens with zero attached hydrogens (tertiary/aromatic N) is 2. The van der Waals surface area contributed by atoms with E-state index in [9.17, 15) is 8.78 Å². The first-order valence-corrected chi connectivity index (χ1v) is 9.34. The van der Waals surface area contributed by atoms with Gasteiger partial charge in [-0.05, 0) is 55.5 Å². The minimum atomic E-state index is -0.775. The van der Waals surface area contributed by atoms with Gasteiger partial charge >= 0.3 is 0 Å². The van der Waals surface area contributed by atoms with Gasteiger partial charge in [0.2, 0.25) is 5.88 Å². The number of ether oxygens (including phenoxy) is 2. The van der Waals surface area contributed by atoms with E-state index >= 15 is 0 Å². The van der Waals surface area contributed by atoms with E-state index in [1.54, 1.807) is 24.4 Å². The van der Waals surface area contributed by atoms with E-state index in [2.05, 4.69) is 10.1 Å². The molecule has 146 valence electrons. The summed E-state index contributed by atoms with van der Waals surface area (Å²) in [4.78, 5) is 4.26. The molecule has 7 heteroatoms. The fraction of sp³-hybridized carbons (Fsp3) is 0.333. The van der Waals surface area contributed by atoms with Crippen LogP contribution in [0.1, 0.15) is 31.4 Å². The molecule has 0 atom stereocenters. The molecule has 2 heterocycles. The highest BCUT2D eigenvalue weighted by atomic mass is 19.1. The molecule has 0 spiro atoms. The van der Waals surface area contributed by atoms with Gasteiger partial charge in [-0.1, -0.05) is 5.16 Å². The van der Waals surface area contributed by atoms with Crippen LogP contribution in [0.4, 0.5) is 8.78 Å². The van der Waals surface area contributed by atoms with Crippen LogP contribution >= 0.6 is 0 Å². The van der Waals surface area contributed by atoms with Crippen LogP contribution in [0.2, 0.25) is 0 Å². The third-order valence-corrected chi connectivity index (χ3v) is 4.75. The average Bonchev–Trinajstić information content (AvgIpc) is 3.38. The predicted octanol–water partition coefficient (Wildman–Crippen LogP) is 4.96. The first-order valence-electron chi connectivity index (χ1n) is 9.34. The maximum absolute atomic E-state index is 14.5. The molecular formula is C21H20F2N2O3. The van der Waals surface area contributed by atoms with Gasteiger partial charge in [0.25, 0.3) is 0 Å². The van der Waals surface area contributed by atoms with E-state index in [1.165, 1.54) is 18.3 Å². The number of hydrogen-bond donors (Lipinski definition) is 0. The van der Waals surface area contributed by atoms with Gasteiger partial charge in [-0.15, -0.1) is 0 Å². The summed E-state index contributed by atoms with van der Waals surface area (Å²) in [5.74, 6) is -0.981.